The zero-order valence-corrected chi connectivity index (χ0v) is 15.5. The Hall–Kier alpha value is -2.82. The first-order valence-corrected chi connectivity index (χ1v) is 9.34. The molecule has 5 heteroatoms. The Balaban J connectivity index is 1.58. The molecule has 2 N–H and O–H groups in total. The van der Waals surface area contributed by atoms with Crippen molar-refractivity contribution in [2.24, 2.45) is 11.8 Å². The Bertz CT molecular complexity index is 803. The number of aliphatic carboxylic acids is 1. The largest absolute Gasteiger partial charge is 0.489 e. The van der Waals surface area contributed by atoms with Crippen molar-refractivity contribution >= 4 is 17.6 Å². The van der Waals surface area contributed by atoms with Crippen molar-refractivity contribution in [1.82, 2.24) is 0 Å². The van der Waals surface area contributed by atoms with Crippen LogP contribution in [0.1, 0.15) is 36.8 Å². The van der Waals surface area contributed by atoms with E-state index >= 15 is 0 Å². The summed E-state index contributed by atoms with van der Waals surface area (Å²) < 4.78 is 5.81. The van der Waals surface area contributed by atoms with E-state index in [0.717, 1.165) is 35.4 Å². The van der Waals surface area contributed by atoms with Crippen LogP contribution in [-0.2, 0) is 16.2 Å². The number of hydrogen-bond acceptors (Lipinski definition) is 3. The van der Waals surface area contributed by atoms with E-state index in [1.165, 1.54) is 0 Å². The number of rotatable bonds is 6. The summed E-state index contributed by atoms with van der Waals surface area (Å²) in [6, 6.07) is 15.5. The summed E-state index contributed by atoms with van der Waals surface area (Å²) in [5.74, 6) is -0.804. The van der Waals surface area contributed by atoms with E-state index in [-0.39, 0.29) is 11.8 Å². The molecule has 0 heterocycles. The lowest BCUT2D eigenvalue weighted by Gasteiger charge is -2.26. The van der Waals surface area contributed by atoms with Crippen molar-refractivity contribution in [3.8, 4) is 5.75 Å². The average molecular weight is 367 g/mol. The first kappa shape index (κ1) is 19.0. The van der Waals surface area contributed by atoms with Crippen molar-refractivity contribution in [2.45, 2.75) is 39.2 Å². The summed E-state index contributed by atoms with van der Waals surface area (Å²) in [7, 11) is 0. The van der Waals surface area contributed by atoms with Gasteiger partial charge in [-0.25, -0.2) is 0 Å². The van der Waals surface area contributed by atoms with Gasteiger partial charge < -0.3 is 15.2 Å². The van der Waals surface area contributed by atoms with Crippen LogP contribution in [0.3, 0.4) is 0 Å². The molecule has 27 heavy (non-hydrogen) atoms. The van der Waals surface area contributed by atoms with E-state index in [4.69, 9.17) is 4.74 Å². The molecule has 1 aliphatic rings. The van der Waals surface area contributed by atoms with Crippen molar-refractivity contribution in [3.05, 3.63) is 59.7 Å². The third-order valence-electron chi connectivity index (χ3n) is 5.10. The van der Waals surface area contributed by atoms with Gasteiger partial charge in [0.1, 0.15) is 12.4 Å². The normalized spacial score (nSPS) is 19.3. The number of hydrogen-bond donors (Lipinski definition) is 2. The summed E-state index contributed by atoms with van der Waals surface area (Å²) in [5.41, 5.74) is 2.75. The number of amides is 1. The molecule has 2 aromatic carbocycles. The van der Waals surface area contributed by atoms with E-state index < -0.39 is 11.9 Å². The van der Waals surface area contributed by atoms with Crippen LogP contribution in [0.5, 0.6) is 5.75 Å². The third kappa shape index (κ3) is 5.09. The van der Waals surface area contributed by atoms with Gasteiger partial charge in [-0.05, 0) is 55.5 Å². The number of ether oxygens (including phenoxy) is 1. The first-order valence-electron chi connectivity index (χ1n) is 9.34. The van der Waals surface area contributed by atoms with Crippen LogP contribution in [0.2, 0.25) is 0 Å². The van der Waals surface area contributed by atoms with Crippen molar-refractivity contribution < 1.29 is 19.4 Å². The molecule has 142 valence electrons. The zero-order valence-electron chi connectivity index (χ0n) is 15.5. The molecular weight excluding hydrogens is 342 g/mol. The first-order chi connectivity index (χ1) is 13.0. The molecule has 1 aliphatic carbocycles. The number of carbonyl (C=O) groups excluding carboxylic acids is 1. The van der Waals surface area contributed by atoms with Gasteiger partial charge in [0.05, 0.1) is 5.92 Å². The van der Waals surface area contributed by atoms with Crippen LogP contribution < -0.4 is 10.1 Å². The standard InChI is InChI=1S/C22H25NO4/c1-15-12-19(27-14-16-6-3-2-4-7-16)10-11-20(15)23-21(24)17-8-5-9-18(13-17)22(25)26/h2-4,6-7,10-12,17-18H,5,8-9,13-14H2,1H3,(H,23,24)(H,25,26). The Kier molecular flexibility index (Phi) is 6.12. The monoisotopic (exact) mass is 367 g/mol. The van der Waals surface area contributed by atoms with Gasteiger partial charge in [-0.3, -0.25) is 9.59 Å². The molecule has 2 atom stereocenters. The number of aryl methyl sites for hydroxylation is 1. The number of benzene rings is 2. The fourth-order valence-electron chi connectivity index (χ4n) is 3.49. The summed E-state index contributed by atoms with van der Waals surface area (Å²) in [4.78, 5) is 23.7. The van der Waals surface area contributed by atoms with Crippen LogP contribution in [0.25, 0.3) is 0 Å². The molecule has 0 saturated heterocycles. The van der Waals surface area contributed by atoms with Crippen molar-refractivity contribution in [3.63, 3.8) is 0 Å². The lowest BCUT2D eigenvalue weighted by atomic mass is 9.81. The quantitative estimate of drug-likeness (QED) is 0.793. The second-order valence-electron chi connectivity index (χ2n) is 7.14. The molecule has 3 rings (SSSR count). The predicted molar refractivity (Wildman–Crippen MR) is 104 cm³/mol. The van der Waals surface area contributed by atoms with Gasteiger partial charge in [0.25, 0.3) is 0 Å². The van der Waals surface area contributed by atoms with Crippen molar-refractivity contribution in [1.29, 1.82) is 0 Å². The van der Waals surface area contributed by atoms with Crippen molar-refractivity contribution in [2.75, 3.05) is 5.32 Å². The highest BCUT2D eigenvalue weighted by Crippen LogP contribution is 2.31. The van der Waals surface area contributed by atoms with Gasteiger partial charge in [0.2, 0.25) is 5.91 Å². The molecule has 1 saturated carbocycles. The molecule has 0 aromatic heterocycles. The molecule has 0 radical (unpaired) electrons. The third-order valence-corrected chi connectivity index (χ3v) is 5.10. The number of carbonyl (C=O) groups is 2. The minimum atomic E-state index is -0.802. The van der Waals surface area contributed by atoms with E-state index in [9.17, 15) is 14.7 Å². The van der Waals surface area contributed by atoms with Crippen LogP contribution in [0.4, 0.5) is 5.69 Å². The smallest absolute Gasteiger partial charge is 0.306 e. The fraction of sp³-hybridized carbons (Fsp3) is 0.364. The molecule has 1 amide bonds. The number of anilines is 1. The topological polar surface area (TPSA) is 75.6 Å². The molecule has 2 aromatic rings. The Morgan fingerprint density at radius 1 is 1.11 bits per heavy atom. The molecule has 0 spiro atoms. The van der Waals surface area contributed by atoms with Gasteiger partial charge in [0, 0.05) is 11.6 Å². The number of nitrogens with one attached hydrogen (secondary N) is 1. The van der Waals surface area contributed by atoms with Crippen LogP contribution >= 0.6 is 0 Å². The molecule has 5 nitrogen and oxygen atoms in total. The maximum absolute atomic E-state index is 12.5. The number of carboxylic acid groups (broad SMARTS) is 1. The van der Waals surface area contributed by atoms with Crippen LogP contribution in [0, 0.1) is 18.8 Å². The second-order valence-corrected chi connectivity index (χ2v) is 7.14. The molecule has 0 bridgehead atoms. The highest BCUT2D eigenvalue weighted by atomic mass is 16.5. The Morgan fingerprint density at radius 3 is 2.56 bits per heavy atom. The van der Waals surface area contributed by atoms with Gasteiger partial charge in [-0.2, -0.15) is 0 Å². The average Bonchev–Trinajstić information content (AvgIpc) is 2.69. The maximum Gasteiger partial charge on any atom is 0.306 e. The van der Waals surface area contributed by atoms with Gasteiger partial charge in [0.15, 0.2) is 0 Å². The van der Waals surface area contributed by atoms with Gasteiger partial charge in [-0.15, -0.1) is 0 Å². The lowest BCUT2D eigenvalue weighted by Crippen LogP contribution is -2.31. The Labute approximate surface area is 159 Å². The van der Waals surface area contributed by atoms with E-state index in [2.05, 4.69) is 5.32 Å². The number of carboxylic acids is 1. The van der Waals surface area contributed by atoms with E-state index in [1.54, 1.807) is 0 Å². The van der Waals surface area contributed by atoms with Gasteiger partial charge in [-0.1, -0.05) is 36.8 Å². The second kappa shape index (κ2) is 8.71. The summed E-state index contributed by atoms with van der Waals surface area (Å²) in [6.45, 7) is 2.41. The SMILES string of the molecule is Cc1cc(OCc2ccccc2)ccc1NC(=O)C1CCCC(C(=O)O)C1. The fourth-order valence-corrected chi connectivity index (χ4v) is 3.49. The van der Waals surface area contributed by atoms with Gasteiger partial charge >= 0.3 is 5.97 Å². The maximum atomic E-state index is 12.5. The minimum absolute atomic E-state index is 0.0954. The molecule has 1 fully saturated rings. The highest BCUT2D eigenvalue weighted by molar-refractivity contribution is 5.93. The molecule has 2 unspecified atom stereocenters. The summed E-state index contributed by atoms with van der Waals surface area (Å²) >= 11 is 0. The summed E-state index contributed by atoms with van der Waals surface area (Å²) in [5, 5.41) is 12.1. The van der Waals surface area contributed by atoms with E-state index in [1.807, 2.05) is 55.5 Å². The summed E-state index contributed by atoms with van der Waals surface area (Å²) in [6.07, 6.45) is 2.59. The zero-order chi connectivity index (χ0) is 19.2. The molecular formula is C22H25NO4. The highest BCUT2D eigenvalue weighted by Gasteiger charge is 2.31. The van der Waals surface area contributed by atoms with Crippen LogP contribution in [0.15, 0.2) is 48.5 Å². The molecule has 0 aliphatic heterocycles. The van der Waals surface area contributed by atoms with E-state index in [0.29, 0.717) is 19.4 Å². The Morgan fingerprint density at radius 2 is 1.85 bits per heavy atom. The van der Waals surface area contributed by atoms with Crippen LogP contribution in [-0.4, -0.2) is 17.0 Å². The predicted octanol–water partition coefficient (Wildman–Crippen LogP) is 4.40. The lowest BCUT2D eigenvalue weighted by molar-refractivity contribution is -0.143. The minimum Gasteiger partial charge on any atom is -0.489 e.